The van der Waals surface area contributed by atoms with Gasteiger partial charge in [0.2, 0.25) is 0 Å². The van der Waals surface area contributed by atoms with Crippen LogP contribution in [0, 0.1) is 32.4 Å². The molecule has 2 nitrogen and oxygen atoms in total. The number of nitrogens with one attached hydrogen (secondary N) is 1. The van der Waals surface area contributed by atoms with Gasteiger partial charge in [0.1, 0.15) is 11.6 Å². The number of rotatable bonds is 2. The van der Waals surface area contributed by atoms with Crippen molar-refractivity contribution in [3.63, 3.8) is 0 Å². The summed E-state index contributed by atoms with van der Waals surface area (Å²) in [7, 11) is 0. The van der Waals surface area contributed by atoms with Crippen LogP contribution < -0.4 is 5.32 Å². The summed E-state index contributed by atoms with van der Waals surface area (Å²) >= 11 is 0. The van der Waals surface area contributed by atoms with Gasteiger partial charge in [-0.25, -0.2) is 8.78 Å². The van der Waals surface area contributed by atoms with Crippen molar-refractivity contribution < 1.29 is 13.6 Å². The van der Waals surface area contributed by atoms with Crippen molar-refractivity contribution >= 4 is 11.6 Å². The third kappa shape index (κ3) is 2.85. The molecule has 0 heterocycles. The maximum atomic E-state index is 13.5. The molecule has 0 bridgehead atoms. The maximum absolute atomic E-state index is 13.5. The van der Waals surface area contributed by atoms with Gasteiger partial charge in [0.05, 0.1) is 5.69 Å². The number of hydrogen-bond donors (Lipinski definition) is 1. The number of hydrogen-bond acceptors (Lipinski definition) is 1. The van der Waals surface area contributed by atoms with Crippen molar-refractivity contribution in [1.82, 2.24) is 0 Å². The molecule has 0 saturated carbocycles. The Morgan fingerprint density at radius 3 is 2.25 bits per heavy atom. The van der Waals surface area contributed by atoms with E-state index in [1.54, 1.807) is 6.07 Å². The van der Waals surface area contributed by atoms with Gasteiger partial charge in [-0.1, -0.05) is 6.07 Å². The molecule has 1 amide bonds. The average molecular weight is 275 g/mol. The monoisotopic (exact) mass is 275 g/mol. The summed E-state index contributed by atoms with van der Waals surface area (Å²) < 4.78 is 26.3. The molecule has 0 aliphatic rings. The van der Waals surface area contributed by atoms with E-state index < -0.39 is 17.5 Å². The second-order valence-electron chi connectivity index (χ2n) is 4.83. The van der Waals surface area contributed by atoms with E-state index in [1.165, 1.54) is 6.07 Å². The van der Waals surface area contributed by atoms with E-state index in [1.807, 2.05) is 26.8 Å². The van der Waals surface area contributed by atoms with Crippen LogP contribution in [0.1, 0.15) is 27.0 Å². The molecule has 0 radical (unpaired) electrons. The van der Waals surface area contributed by atoms with E-state index in [0.29, 0.717) is 5.56 Å². The van der Waals surface area contributed by atoms with Crippen LogP contribution in [0.25, 0.3) is 0 Å². The molecule has 104 valence electrons. The number of benzene rings is 2. The number of amides is 1. The molecule has 0 aliphatic carbocycles. The minimum absolute atomic E-state index is 0.0333. The fourth-order valence-corrected chi connectivity index (χ4v) is 1.99. The van der Waals surface area contributed by atoms with Gasteiger partial charge < -0.3 is 5.32 Å². The lowest BCUT2D eigenvalue weighted by Gasteiger charge is -2.11. The maximum Gasteiger partial charge on any atom is 0.256 e. The number of carbonyl (C=O) groups excluding carboxylic acids is 1. The molecule has 0 spiro atoms. The fourth-order valence-electron chi connectivity index (χ4n) is 1.99. The van der Waals surface area contributed by atoms with E-state index >= 15 is 0 Å². The predicted molar refractivity (Wildman–Crippen MR) is 75.0 cm³/mol. The molecule has 2 aromatic rings. The van der Waals surface area contributed by atoms with Gasteiger partial charge in [0, 0.05) is 11.6 Å². The van der Waals surface area contributed by atoms with Crippen LogP contribution in [0.2, 0.25) is 0 Å². The Morgan fingerprint density at radius 1 is 0.950 bits per heavy atom. The zero-order chi connectivity index (χ0) is 14.9. The highest BCUT2D eigenvalue weighted by molar-refractivity contribution is 6.05. The molecule has 0 saturated heterocycles. The smallest absolute Gasteiger partial charge is 0.256 e. The Kier molecular flexibility index (Phi) is 3.84. The van der Waals surface area contributed by atoms with Gasteiger partial charge in [-0.05, 0) is 55.7 Å². The zero-order valence-corrected chi connectivity index (χ0v) is 11.6. The van der Waals surface area contributed by atoms with Crippen LogP contribution >= 0.6 is 0 Å². The summed E-state index contributed by atoms with van der Waals surface area (Å²) in [4.78, 5) is 12.2. The molecule has 1 N–H and O–H groups in total. The Bertz CT molecular complexity index is 680. The number of anilines is 1. The lowest BCUT2D eigenvalue weighted by atomic mass is 10.0. The standard InChI is InChI=1S/C16H15F2NO/c1-9-6-11(3)13(7-10(9)2)16(20)19-15-5-4-12(17)8-14(15)18/h4-8H,1-3H3,(H,19,20). The fraction of sp³-hybridized carbons (Fsp3) is 0.188. The summed E-state index contributed by atoms with van der Waals surface area (Å²) in [6.45, 7) is 5.69. The Hall–Kier alpha value is -2.23. The SMILES string of the molecule is Cc1cc(C)c(C(=O)Nc2ccc(F)cc2F)cc1C. The molecular formula is C16H15F2NO. The Morgan fingerprint density at radius 2 is 1.60 bits per heavy atom. The minimum atomic E-state index is -0.792. The molecule has 0 fully saturated rings. The van der Waals surface area contributed by atoms with Crippen LogP contribution in [0.4, 0.5) is 14.5 Å². The van der Waals surface area contributed by atoms with Crippen LogP contribution in [-0.2, 0) is 0 Å². The first-order valence-electron chi connectivity index (χ1n) is 6.22. The van der Waals surface area contributed by atoms with Crippen molar-refractivity contribution in [3.8, 4) is 0 Å². The highest BCUT2D eigenvalue weighted by atomic mass is 19.1. The van der Waals surface area contributed by atoms with Crippen molar-refractivity contribution in [3.05, 3.63) is 64.2 Å². The van der Waals surface area contributed by atoms with E-state index in [-0.39, 0.29) is 5.69 Å². The molecule has 0 unspecified atom stereocenters. The first kappa shape index (κ1) is 14.2. The largest absolute Gasteiger partial charge is 0.319 e. The third-order valence-electron chi connectivity index (χ3n) is 3.26. The first-order chi connectivity index (χ1) is 9.38. The van der Waals surface area contributed by atoms with Gasteiger partial charge in [-0.3, -0.25) is 4.79 Å². The number of halogens is 2. The lowest BCUT2D eigenvalue weighted by molar-refractivity contribution is 0.102. The lowest BCUT2D eigenvalue weighted by Crippen LogP contribution is -2.15. The topological polar surface area (TPSA) is 29.1 Å². The van der Waals surface area contributed by atoms with Gasteiger partial charge >= 0.3 is 0 Å². The van der Waals surface area contributed by atoms with E-state index in [4.69, 9.17) is 0 Å². The molecule has 4 heteroatoms. The third-order valence-corrected chi connectivity index (χ3v) is 3.26. The van der Waals surface area contributed by atoms with E-state index in [9.17, 15) is 13.6 Å². The molecule has 2 rings (SSSR count). The van der Waals surface area contributed by atoms with Crippen molar-refractivity contribution in [2.24, 2.45) is 0 Å². The number of carbonyl (C=O) groups is 1. The van der Waals surface area contributed by atoms with Crippen molar-refractivity contribution in [1.29, 1.82) is 0 Å². The van der Waals surface area contributed by atoms with Crippen LogP contribution in [0.5, 0.6) is 0 Å². The van der Waals surface area contributed by atoms with Gasteiger partial charge in [-0.15, -0.1) is 0 Å². The molecule has 20 heavy (non-hydrogen) atoms. The predicted octanol–water partition coefficient (Wildman–Crippen LogP) is 4.14. The summed E-state index contributed by atoms with van der Waals surface area (Å²) in [5.74, 6) is -1.88. The van der Waals surface area contributed by atoms with E-state index in [0.717, 1.165) is 28.8 Å². The molecule has 0 aliphatic heterocycles. The summed E-state index contributed by atoms with van der Waals surface area (Å²) in [5, 5.41) is 2.46. The van der Waals surface area contributed by atoms with Crippen LogP contribution in [0.3, 0.4) is 0 Å². The quantitative estimate of drug-likeness (QED) is 0.876. The Labute approximate surface area is 116 Å². The highest BCUT2D eigenvalue weighted by Crippen LogP contribution is 2.19. The minimum Gasteiger partial charge on any atom is -0.319 e. The van der Waals surface area contributed by atoms with Gasteiger partial charge in [0.25, 0.3) is 5.91 Å². The van der Waals surface area contributed by atoms with Crippen molar-refractivity contribution in [2.45, 2.75) is 20.8 Å². The summed E-state index contributed by atoms with van der Waals surface area (Å²) in [6.07, 6.45) is 0. The molecule has 0 aromatic heterocycles. The van der Waals surface area contributed by atoms with E-state index in [2.05, 4.69) is 5.32 Å². The van der Waals surface area contributed by atoms with Crippen molar-refractivity contribution in [2.75, 3.05) is 5.32 Å². The summed E-state index contributed by atoms with van der Waals surface area (Å²) in [6, 6.07) is 6.72. The first-order valence-corrected chi connectivity index (χ1v) is 6.22. The van der Waals surface area contributed by atoms with Crippen LogP contribution in [0.15, 0.2) is 30.3 Å². The second kappa shape index (κ2) is 5.41. The van der Waals surface area contributed by atoms with Gasteiger partial charge in [-0.2, -0.15) is 0 Å². The second-order valence-corrected chi connectivity index (χ2v) is 4.83. The van der Waals surface area contributed by atoms with Gasteiger partial charge in [0.15, 0.2) is 0 Å². The molecular weight excluding hydrogens is 260 g/mol. The summed E-state index contributed by atoms with van der Waals surface area (Å²) in [5.41, 5.74) is 3.34. The highest BCUT2D eigenvalue weighted by Gasteiger charge is 2.13. The Balaban J connectivity index is 2.31. The molecule has 2 aromatic carbocycles. The van der Waals surface area contributed by atoms with Crippen LogP contribution in [-0.4, -0.2) is 5.91 Å². The average Bonchev–Trinajstić information content (AvgIpc) is 2.37. The zero-order valence-electron chi connectivity index (χ0n) is 11.6. The number of aryl methyl sites for hydroxylation is 3. The normalized spacial score (nSPS) is 10.4. The molecule has 0 atom stereocenters.